The van der Waals surface area contributed by atoms with Gasteiger partial charge in [-0.3, -0.25) is 0 Å². The molecule has 0 aliphatic carbocycles. The summed E-state index contributed by atoms with van der Waals surface area (Å²) in [6.07, 6.45) is 59.9. The first-order valence-corrected chi connectivity index (χ1v) is 25.9. The van der Waals surface area contributed by atoms with Crippen LogP contribution in [0, 0.1) is 0 Å². The fraction of sp³-hybridized carbons (Fsp3) is 1.00. The number of hydrogen-bond donors (Lipinski definition) is 2. The van der Waals surface area contributed by atoms with Gasteiger partial charge in [0.25, 0.3) is 0 Å². The van der Waals surface area contributed by atoms with E-state index < -0.39 is 0 Å². The molecule has 0 aromatic carbocycles. The maximum atomic E-state index is 2.33. The van der Waals surface area contributed by atoms with Crippen LogP contribution in [-0.2, 0) is 0 Å². The highest BCUT2D eigenvalue weighted by molar-refractivity contribution is 4.52. The van der Waals surface area contributed by atoms with Crippen molar-refractivity contribution < 1.29 is 43.8 Å². The van der Waals surface area contributed by atoms with Gasteiger partial charge in [0.05, 0.1) is 39.3 Å². The number of unbranched alkanes of at least 4 members (excludes halogenated alkanes) is 36. The Hall–Kier alpha value is 0.880. The molecule has 0 aliphatic rings. The summed E-state index contributed by atoms with van der Waals surface area (Å²) in [5.74, 6) is 0. The van der Waals surface area contributed by atoms with Gasteiger partial charge >= 0.3 is 0 Å². The van der Waals surface area contributed by atoms with E-state index in [1.165, 1.54) is 303 Å². The van der Waals surface area contributed by atoms with Crippen LogP contribution < -0.4 is 43.8 Å². The van der Waals surface area contributed by atoms with Crippen LogP contribution in [0.25, 0.3) is 0 Å². The van der Waals surface area contributed by atoms with Gasteiger partial charge in [-0.25, -0.2) is 0 Å². The smallest absolute Gasteiger partial charge is 0.0825 e. The molecule has 0 rings (SSSR count). The molecule has 336 valence electrons. The topological polar surface area (TPSA) is 8.88 Å². The van der Waals surface area contributed by atoms with Crippen LogP contribution in [0.1, 0.15) is 291 Å². The molecule has 4 heteroatoms. The lowest BCUT2D eigenvalue weighted by atomic mass is 10.1. The zero-order valence-electron chi connectivity index (χ0n) is 39.0. The fourth-order valence-electron chi connectivity index (χ4n) is 8.79. The van der Waals surface area contributed by atoms with Gasteiger partial charge in [-0.05, 0) is 51.4 Å². The summed E-state index contributed by atoms with van der Waals surface area (Å²) in [5, 5.41) is 0. The average molecular weight is 909 g/mol. The second-order valence-corrected chi connectivity index (χ2v) is 18.1. The minimum absolute atomic E-state index is 0. The van der Waals surface area contributed by atoms with Crippen molar-refractivity contribution in [1.29, 1.82) is 0 Å². The Bertz CT molecular complexity index is 532. The Kier molecular flexibility index (Phi) is 60.1. The van der Waals surface area contributed by atoms with Gasteiger partial charge in [0.2, 0.25) is 0 Å². The van der Waals surface area contributed by atoms with E-state index in [1.807, 2.05) is 9.80 Å². The summed E-state index contributed by atoms with van der Waals surface area (Å²) >= 11 is 0. The largest absolute Gasteiger partial charge is 1.00 e. The van der Waals surface area contributed by atoms with Crippen LogP contribution >= 0.6 is 0 Å². The van der Waals surface area contributed by atoms with Gasteiger partial charge in [-0.2, -0.15) is 0 Å². The molecule has 0 fully saturated rings. The molecule has 0 aliphatic heterocycles. The summed E-state index contributed by atoms with van der Waals surface area (Å²) in [5.41, 5.74) is 0. The molecule has 0 aromatic rings. The van der Waals surface area contributed by atoms with Gasteiger partial charge in [-0.15, -0.1) is 0 Å². The van der Waals surface area contributed by atoms with Crippen LogP contribution in [0.15, 0.2) is 0 Å². The first kappa shape index (κ1) is 60.2. The van der Waals surface area contributed by atoms with Crippen molar-refractivity contribution in [3.05, 3.63) is 0 Å². The summed E-state index contributed by atoms with van der Waals surface area (Å²) in [6.45, 7) is 18.0. The third kappa shape index (κ3) is 51.0. The molecular formula is C51H108Br2N2. The number of quaternary nitrogens is 2. The van der Waals surface area contributed by atoms with Gasteiger partial charge in [0, 0.05) is 6.42 Å². The van der Waals surface area contributed by atoms with Gasteiger partial charge in [-0.1, -0.05) is 233 Å². The summed E-state index contributed by atoms with van der Waals surface area (Å²) in [4.78, 5) is 3.92. The lowest BCUT2D eigenvalue weighted by molar-refractivity contribution is -0.920. The van der Waals surface area contributed by atoms with Crippen molar-refractivity contribution in [2.45, 2.75) is 291 Å². The zero-order valence-corrected chi connectivity index (χ0v) is 42.2. The van der Waals surface area contributed by atoms with Crippen LogP contribution in [-0.4, -0.2) is 39.3 Å². The number of nitrogens with one attached hydrogen (secondary N) is 2. The van der Waals surface area contributed by atoms with Crippen LogP contribution in [0.3, 0.4) is 0 Å². The minimum atomic E-state index is 0. The highest BCUT2D eigenvalue weighted by atomic mass is 79.9. The molecule has 2 nitrogen and oxygen atoms in total. The third-order valence-electron chi connectivity index (χ3n) is 12.6. The van der Waals surface area contributed by atoms with Crippen LogP contribution in [0.4, 0.5) is 0 Å². The summed E-state index contributed by atoms with van der Waals surface area (Å²) in [7, 11) is 0. The Morgan fingerprint density at radius 2 is 0.291 bits per heavy atom. The quantitative estimate of drug-likeness (QED) is 0.0566. The van der Waals surface area contributed by atoms with E-state index in [1.54, 1.807) is 0 Å². The van der Waals surface area contributed by atoms with Crippen molar-refractivity contribution in [3.8, 4) is 0 Å². The number of halogens is 2. The molecule has 0 radical (unpaired) electrons. The molecule has 0 saturated carbocycles. The SMILES string of the molecule is CCCCCCCCCCCC[NH+](CCCCCCCCCCCC)CCC[NH+](CCCCCCCCCCCC)CCCCCCCCCCCC.[Br-].[Br-]. The van der Waals surface area contributed by atoms with E-state index in [2.05, 4.69) is 27.7 Å². The standard InChI is InChI=1S/C51H106N2.2BrH/c1-5-9-13-17-21-25-29-33-37-41-46-52(47-42-38-34-30-26-22-18-14-10-6-2)50-45-51-53(48-43-39-35-31-27-23-19-15-11-7-3)49-44-40-36-32-28-24-20-16-12-8-4;;/h5-51H2,1-4H3;2*1H. The summed E-state index contributed by atoms with van der Waals surface area (Å²) in [6, 6.07) is 0. The Morgan fingerprint density at radius 3 is 0.455 bits per heavy atom. The molecule has 0 amide bonds. The minimum Gasteiger partial charge on any atom is -1.00 e. The second kappa shape index (κ2) is 54.9. The predicted octanol–water partition coefficient (Wildman–Crippen LogP) is 8.84. The molecule has 0 unspecified atom stereocenters. The zero-order chi connectivity index (χ0) is 38.4. The summed E-state index contributed by atoms with van der Waals surface area (Å²) < 4.78 is 0. The lowest BCUT2D eigenvalue weighted by Crippen LogP contribution is -3.15. The molecular weight excluding hydrogens is 800 g/mol. The van der Waals surface area contributed by atoms with Crippen LogP contribution in [0.2, 0.25) is 0 Å². The van der Waals surface area contributed by atoms with E-state index in [4.69, 9.17) is 0 Å². The average Bonchev–Trinajstić information content (AvgIpc) is 3.17. The highest BCUT2D eigenvalue weighted by Gasteiger charge is 2.13. The van der Waals surface area contributed by atoms with E-state index in [0.717, 1.165) is 0 Å². The maximum Gasteiger partial charge on any atom is 0.0825 e. The van der Waals surface area contributed by atoms with Gasteiger partial charge < -0.3 is 43.8 Å². The van der Waals surface area contributed by atoms with Crippen LogP contribution in [0.5, 0.6) is 0 Å². The van der Waals surface area contributed by atoms with Crippen molar-refractivity contribution in [2.75, 3.05) is 39.3 Å². The molecule has 0 saturated heterocycles. The molecule has 0 heterocycles. The Balaban J connectivity index is -0.0000135. The third-order valence-corrected chi connectivity index (χ3v) is 12.6. The monoisotopic (exact) mass is 907 g/mol. The first-order valence-electron chi connectivity index (χ1n) is 25.9. The van der Waals surface area contributed by atoms with Crippen molar-refractivity contribution in [2.24, 2.45) is 0 Å². The van der Waals surface area contributed by atoms with E-state index in [0.29, 0.717) is 0 Å². The molecule has 0 atom stereocenters. The van der Waals surface area contributed by atoms with E-state index in [-0.39, 0.29) is 34.0 Å². The number of rotatable bonds is 48. The Morgan fingerprint density at radius 1 is 0.164 bits per heavy atom. The van der Waals surface area contributed by atoms with E-state index >= 15 is 0 Å². The van der Waals surface area contributed by atoms with Crippen molar-refractivity contribution in [1.82, 2.24) is 0 Å². The predicted molar refractivity (Wildman–Crippen MR) is 243 cm³/mol. The molecule has 0 aromatic heterocycles. The lowest BCUT2D eigenvalue weighted by Gasteiger charge is -2.23. The normalized spacial score (nSPS) is 11.5. The number of hydrogen-bond acceptors (Lipinski definition) is 0. The van der Waals surface area contributed by atoms with Gasteiger partial charge in [0.1, 0.15) is 0 Å². The van der Waals surface area contributed by atoms with E-state index in [9.17, 15) is 0 Å². The van der Waals surface area contributed by atoms with Gasteiger partial charge in [0.15, 0.2) is 0 Å². The molecule has 0 spiro atoms. The highest BCUT2D eigenvalue weighted by Crippen LogP contribution is 2.13. The fourth-order valence-corrected chi connectivity index (χ4v) is 8.79. The first-order chi connectivity index (χ1) is 26.3. The second-order valence-electron chi connectivity index (χ2n) is 18.1. The molecule has 2 N–H and O–H groups in total. The van der Waals surface area contributed by atoms with Crippen molar-refractivity contribution >= 4 is 0 Å². The van der Waals surface area contributed by atoms with Crippen molar-refractivity contribution in [3.63, 3.8) is 0 Å². The maximum absolute atomic E-state index is 2.33. The Labute approximate surface area is 372 Å². The molecule has 0 bridgehead atoms. The molecule has 55 heavy (non-hydrogen) atoms.